The molecule has 6 fully saturated rings. The van der Waals surface area contributed by atoms with Crippen molar-refractivity contribution in [2.45, 2.75) is 84.1 Å². The summed E-state index contributed by atoms with van der Waals surface area (Å²) in [5, 5.41) is 3.69. The monoisotopic (exact) mass is 462 g/mol. The number of hydrogen-bond donors (Lipinski definition) is 1. The second-order valence-corrected chi connectivity index (χ2v) is 13.9. The summed E-state index contributed by atoms with van der Waals surface area (Å²) in [5.74, 6) is 5.89. The molecule has 0 unspecified atom stereocenters. The van der Waals surface area contributed by atoms with Gasteiger partial charge in [-0.25, -0.2) is 0 Å². The van der Waals surface area contributed by atoms with E-state index in [2.05, 4.69) is 31.3 Å². The standard InChI is InChI=1S/C30H42N2O2/c1-29-10-8-23-21(4-7-25-30(23,2)11-9-26(33)32(25)3)22(29)5-6-24(29)28(34)31-27-19-13-17-12-18(15-19)16-20(27)14-17/h7,9,11,17-24,27H,4-6,8,10,12-16H2,1-3H3,(H,31,34)/t17?,18?,19?,20?,21-,22-,23-,24+,27?,29-,30+/m0/s1. The first kappa shape index (κ1) is 21.7. The number of carbonyl (C=O) groups excluding carboxylic acids is 2. The van der Waals surface area contributed by atoms with Gasteiger partial charge in [-0.15, -0.1) is 0 Å². The van der Waals surface area contributed by atoms with Crippen LogP contribution >= 0.6 is 0 Å². The van der Waals surface area contributed by atoms with Gasteiger partial charge in [-0.3, -0.25) is 9.59 Å². The van der Waals surface area contributed by atoms with Crippen molar-refractivity contribution in [2.24, 2.45) is 58.2 Å². The van der Waals surface area contributed by atoms with E-state index in [9.17, 15) is 9.59 Å². The van der Waals surface area contributed by atoms with Crippen LogP contribution in [0.1, 0.15) is 78.1 Å². The highest BCUT2D eigenvalue weighted by atomic mass is 16.2. The third-order valence-electron chi connectivity index (χ3n) is 12.5. The number of nitrogens with zero attached hydrogens (tertiary/aromatic N) is 1. The highest BCUT2D eigenvalue weighted by Gasteiger charge is 2.60. The Morgan fingerprint density at radius 1 is 1.00 bits per heavy atom. The largest absolute Gasteiger partial charge is 0.353 e. The van der Waals surface area contributed by atoms with Crippen LogP contribution in [-0.4, -0.2) is 29.8 Å². The van der Waals surface area contributed by atoms with E-state index in [-0.39, 0.29) is 22.7 Å². The quantitative estimate of drug-likeness (QED) is 0.605. The van der Waals surface area contributed by atoms with Crippen LogP contribution in [0.25, 0.3) is 0 Å². The van der Waals surface area contributed by atoms with E-state index >= 15 is 0 Å². The Bertz CT molecular complexity index is 954. The van der Waals surface area contributed by atoms with Crippen molar-refractivity contribution in [1.29, 1.82) is 0 Å². The van der Waals surface area contributed by atoms with Crippen molar-refractivity contribution in [1.82, 2.24) is 10.2 Å². The van der Waals surface area contributed by atoms with Crippen LogP contribution in [0.3, 0.4) is 0 Å². The van der Waals surface area contributed by atoms with Gasteiger partial charge in [-0.2, -0.15) is 0 Å². The molecule has 1 N–H and O–H groups in total. The van der Waals surface area contributed by atoms with Gasteiger partial charge in [0.1, 0.15) is 0 Å². The first-order valence-electron chi connectivity index (χ1n) is 14.3. The molecule has 0 aromatic heterocycles. The Labute approximate surface area is 205 Å². The van der Waals surface area contributed by atoms with Gasteiger partial charge in [0.2, 0.25) is 11.8 Å². The number of nitrogens with one attached hydrogen (secondary N) is 1. The van der Waals surface area contributed by atoms with Crippen molar-refractivity contribution in [3.8, 4) is 0 Å². The number of rotatable bonds is 2. The number of hydrogen-bond acceptors (Lipinski definition) is 2. The van der Waals surface area contributed by atoms with E-state index in [4.69, 9.17) is 0 Å². The molecule has 0 spiro atoms. The second-order valence-electron chi connectivity index (χ2n) is 13.9. The third kappa shape index (κ3) is 2.83. The summed E-state index contributed by atoms with van der Waals surface area (Å²) < 4.78 is 0. The Morgan fingerprint density at radius 3 is 2.41 bits per heavy atom. The molecule has 7 aliphatic carbocycles. The molecule has 0 saturated heterocycles. The Kier molecular flexibility index (Phi) is 4.61. The number of fused-ring (bicyclic) bond motifs is 5. The highest BCUT2D eigenvalue weighted by Crippen LogP contribution is 2.65. The smallest absolute Gasteiger partial charge is 0.250 e. The summed E-state index contributed by atoms with van der Waals surface area (Å²) in [5.41, 5.74) is 1.28. The van der Waals surface area contributed by atoms with Gasteiger partial charge in [-0.1, -0.05) is 26.0 Å². The fraction of sp³-hybridized carbons (Fsp3) is 0.800. The molecular weight excluding hydrogens is 420 g/mol. The van der Waals surface area contributed by atoms with Crippen LogP contribution in [0.15, 0.2) is 23.9 Å². The molecule has 0 radical (unpaired) electrons. The summed E-state index contributed by atoms with van der Waals surface area (Å²) in [6.07, 6.45) is 18.9. The molecule has 0 aromatic rings. The van der Waals surface area contributed by atoms with Gasteiger partial charge < -0.3 is 10.2 Å². The third-order valence-corrected chi connectivity index (χ3v) is 12.5. The van der Waals surface area contributed by atoms with E-state index in [0.717, 1.165) is 42.9 Å². The van der Waals surface area contributed by atoms with Crippen molar-refractivity contribution < 1.29 is 9.59 Å². The minimum absolute atomic E-state index is 0.0480. The maximum atomic E-state index is 13.8. The molecule has 4 nitrogen and oxygen atoms in total. The first-order chi connectivity index (χ1) is 16.3. The normalized spacial score (nSPS) is 52.7. The lowest BCUT2D eigenvalue weighted by atomic mass is 9.49. The molecule has 2 amide bonds. The highest BCUT2D eigenvalue weighted by molar-refractivity contribution is 5.90. The Balaban J connectivity index is 1.11. The SMILES string of the molecule is CN1C(=O)C=C[C@@]2(C)C1=CC[C@H]1[C@@H]3CC[C@H](C(=O)NC4C5CC6CC(C5)CC4C6)[C@@]3(C)CC[C@@H]12. The van der Waals surface area contributed by atoms with Gasteiger partial charge in [0.05, 0.1) is 0 Å². The molecule has 4 heteroatoms. The number of carbonyl (C=O) groups is 2. The van der Waals surface area contributed by atoms with Crippen LogP contribution in [-0.2, 0) is 9.59 Å². The van der Waals surface area contributed by atoms with Gasteiger partial charge in [0, 0.05) is 36.2 Å². The first-order valence-corrected chi connectivity index (χ1v) is 14.3. The minimum atomic E-state index is -0.0480. The van der Waals surface area contributed by atoms with Gasteiger partial charge in [-0.05, 0) is 111 Å². The van der Waals surface area contributed by atoms with Crippen LogP contribution in [0.5, 0.6) is 0 Å². The number of likely N-dealkylation sites (N-methyl/N-ethyl adjacent to an activating group) is 1. The summed E-state index contributed by atoms with van der Waals surface area (Å²) >= 11 is 0. The lowest BCUT2D eigenvalue weighted by Gasteiger charge is -2.57. The maximum absolute atomic E-state index is 13.8. The molecule has 8 aliphatic rings. The van der Waals surface area contributed by atoms with Crippen LogP contribution in [0.4, 0.5) is 0 Å². The molecule has 1 heterocycles. The zero-order valence-electron chi connectivity index (χ0n) is 21.3. The predicted octanol–water partition coefficient (Wildman–Crippen LogP) is 5.31. The summed E-state index contributed by atoms with van der Waals surface area (Å²) in [6.45, 7) is 4.80. The van der Waals surface area contributed by atoms with E-state index in [1.807, 2.05) is 11.9 Å². The summed E-state index contributed by atoms with van der Waals surface area (Å²) in [7, 11) is 1.93. The van der Waals surface area contributed by atoms with Gasteiger partial charge >= 0.3 is 0 Å². The molecule has 34 heavy (non-hydrogen) atoms. The minimum Gasteiger partial charge on any atom is -0.353 e. The predicted molar refractivity (Wildman–Crippen MR) is 132 cm³/mol. The fourth-order valence-electron chi connectivity index (χ4n) is 11.1. The van der Waals surface area contributed by atoms with Crippen LogP contribution < -0.4 is 5.32 Å². The van der Waals surface area contributed by atoms with Crippen molar-refractivity contribution >= 4 is 11.8 Å². The molecule has 6 saturated carbocycles. The lowest BCUT2D eigenvalue weighted by molar-refractivity contribution is -0.136. The Morgan fingerprint density at radius 2 is 1.71 bits per heavy atom. The summed E-state index contributed by atoms with van der Waals surface area (Å²) in [4.78, 5) is 28.0. The zero-order valence-corrected chi connectivity index (χ0v) is 21.3. The molecule has 8 rings (SSSR count). The Hall–Kier alpha value is -1.58. The fourth-order valence-corrected chi connectivity index (χ4v) is 11.1. The van der Waals surface area contributed by atoms with Crippen molar-refractivity contribution in [3.05, 3.63) is 23.9 Å². The van der Waals surface area contributed by atoms with Crippen LogP contribution in [0, 0.1) is 58.2 Å². The number of amides is 2. The second kappa shape index (κ2) is 7.23. The van der Waals surface area contributed by atoms with Crippen molar-refractivity contribution in [3.63, 3.8) is 0 Å². The van der Waals surface area contributed by atoms with Gasteiger partial charge in [0.15, 0.2) is 0 Å². The molecule has 4 bridgehead atoms. The molecule has 6 atom stereocenters. The molecular formula is C30H42N2O2. The van der Waals surface area contributed by atoms with E-state index in [0.29, 0.717) is 29.7 Å². The number of allylic oxidation sites excluding steroid dienone is 2. The topological polar surface area (TPSA) is 49.4 Å². The van der Waals surface area contributed by atoms with E-state index < -0.39 is 0 Å². The molecule has 0 aromatic carbocycles. The van der Waals surface area contributed by atoms with Crippen molar-refractivity contribution in [2.75, 3.05) is 7.05 Å². The summed E-state index contributed by atoms with van der Waals surface area (Å²) in [6, 6.07) is 0.457. The van der Waals surface area contributed by atoms with Gasteiger partial charge in [0.25, 0.3) is 0 Å². The molecule has 184 valence electrons. The average molecular weight is 463 g/mol. The lowest BCUT2D eigenvalue weighted by Crippen LogP contribution is -2.58. The van der Waals surface area contributed by atoms with E-state index in [1.54, 1.807) is 6.08 Å². The van der Waals surface area contributed by atoms with E-state index in [1.165, 1.54) is 50.6 Å². The zero-order chi connectivity index (χ0) is 23.4. The molecule has 1 aliphatic heterocycles. The average Bonchev–Trinajstić information content (AvgIpc) is 3.16. The maximum Gasteiger partial charge on any atom is 0.250 e. The van der Waals surface area contributed by atoms with Crippen LogP contribution in [0.2, 0.25) is 0 Å².